The third kappa shape index (κ3) is 8.70. The molecule has 1 atom stereocenters. The van der Waals surface area contributed by atoms with Crippen molar-refractivity contribution in [2.24, 2.45) is 0 Å². The highest BCUT2D eigenvalue weighted by Gasteiger charge is 2.33. The fourth-order valence-corrected chi connectivity index (χ4v) is 5.82. The molecule has 1 aliphatic rings. The Morgan fingerprint density at radius 2 is 1.65 bits per heavy atom. The molecule has 4 rings (SSSR count). The van der Waals surface area contributed by atoms with Gasteiger partial charge in [-0.15, -0.1) is 0 Å². The fraction of sp³-hybridized carbons (Fsp3) is 0.375. The summed E-state index contributed by atoms with van der Waals surface area (Å²) in [6.45, 7) is 5.49. The minimum Gasteiger partial charge on any atom is -0.454 e. The first kappa shape index (κ1) is 31.8. The number of nitrogens with one attached hydrogen (secondary N) is 1. The summed E-state index contributed by atoms with van der Waals surface area (Å²) in [5.41, 5.74) is 0.928. The van der Waals surface area contributed by atoms with Gasteiger partial charge >= 0.3 is 0 Å². The Labute approximate surface area is 252 Å². The first-order chi connectivity index (χ1) is 20.3. The van der Waals surface area contributed by atoms with Gasteiger partial charge in [0.05, 0.1) is 11.9 Å². The van der Waals surface area contributed by atoms with Crippen LogP contribution >= 0.6 is 0 Å². The predicted octanol–water partition coefficient (Wildman–Crippen LogP) is 4.66. The van der Waals surface area contributed by atoms with Crippen LogP contribution in [0.5, 0.6) is 11.5 Å². The van der Waals surface area contributed by atoms with Crippen molar-refractivity contribution in [3.05, 3.63) is 89.7 Å². The average Bonchev–Trinajstić information content (AvgIpc) is 3.41. The van der Waals surface area contributed by atoms with Gasteiger partial charge in [-0.25, -0.2) is 12.8 Å². The lowest BCUT2D eigenvalue weighted by molar-refractivity contribution is -0.142. The molecule has 230 valence electrons. The monoisotopic (exact) mass is 611 g/mol. The van der Waals surface area contributed by atoms with Gasteiger partial charge in [-0.3, -0.25) is 13.9 Å². The zero-order valence-electron chi connectivity index (χ0n) is 24.9. The molecule has 0 spiro atoms. The predicted molar refractivity (Wildman–Crippen MR) is 163 cm³/mol. The number of nitrogens with zero attached hydrogens (tertiary/aromatic N) is 2. The van der Waals surface area contributed by atoms with Crippen LogP contribution in [0.2, 0.25) is 0 Å². The maximum atomic E-state index is 14.8. The van der Waals surface area contributed by atoms with E-state index >= 15 is 0 Å². The van der Waals surface area contributed by atoms with E-state index in [4.69, 9.17) is 9.47 Å². The number of carbonyl (C=O) groups excluding carboxylic acids is 2. The molecule has 9 nitrogen and oxygen atoms in total. The van der Waals surface area contributed by atoms with Crippen molar-refractivity contribution in [1.29, 1.82) is 0 Å². The lowest BCUT2D eigenvalue weighted by Crippen LogP contribution is -2.54. The minimum absolute atomic E-state index is 0.00922. The number of ether oxygens (including phenoxy) is 2. The van der Waals surface area contributed by atoms with E-state index < -0.39 is 33.3 Å². The molecule has 2 amide bonds. The zero-order valence-corrected chi connectivity index (χ0v) is 25.7. The summed E-state index contributed by atoms with van der Waals surface area (Å²) in [5.74, 6) is -0.284. The van der Waals surface area contributed by atoms with Crippen LogP contribution in [0.25, 0.3) is 0 Å². The number of rotatable bonds is 12. The topological polar surface area (TPSA) is 105 Å². The zero-order chi connectivity index (χ0) is 31.2. The third-order valence-electron chi connectivity index (χ3n) is 6.86. The highest BCUT2D eigenvalue weighted by atomic mass is 32.2. The largest absolute Gasteiger partial charge is 0.454 e. The highest BCUT2D eigenvalue weighted by molar-refractivity contribution is 7.92. The quantitative estimate of drug-likeness (QED) is 0.320. The normalized spacial score (nSPS) is 13.3. The first-order valence-corrected chi connectivity index (χ1v) is 15.9. The SMILES string of the molecule is CC(C)(C)NC(=O)C(Cc1ccccc1)N(Cc1ccccc1F)C(=O)CCCN(c1ccc2c(c1)OCO2)S(C)(=O)=O. The van der Waals surface area contributed by atoms with E-state index in [9.17, 15) is 22.4 Å². The average molecular weight is 612 g/mol. The molecule has 0 saturated heterocycles. The van der Waals surface area contributed by atoms with E-state index in [2.05, 4.69) is 5.32 Å². The van der Waals surface area contributed by atoms with E-state index in [-0.39, 0.29) is 50.6 Å². The molecule has 1 heterocycles. The molecule has 1 unspecified atom stereocenters. The molecule has 0 radical (unpaired) electrons. The smallest absolute Gasteiger partial charge is 0.243 e. The summed E-state index contributed by atoms with van der Waals surface area (Å²) >= 11 is 0. The second-order valence-corrected chi connectivity index (χ2v) is 13.4. The molecule has 3 aromatic rings. The highest BCUT2D eigenvalue weighted by Crippen LogP contribution is 2.36. The molecule has 0 bridgehead atoms. The molecular weight excluding hydrogens is 573 g/mol. The Bertz CT molecular complexity index is 1540. The molecule has 0 fully saturated rings. The van der Waals surface area contributed by atoms with Gasteiger partial charge in [0, 0.05) is 43.1 Å². The fourth-order valence-electron chi connectivity index (χ4n) is 4.86. The van der Waals surface area contributed by atoms with E-state index in [0.29, 0.717) is 17.2 Å². The number of benzene rings is 3. The standard InChI is InChI=1S/C32H38FN3O6S/c1-32(2,3)34-31(38)27(19-23-11-6-5-7-12-23)35(21-24-13-8-9-14-26(24)33)30(37)15-10-18-36(43(4,39)40)25-16-17-28-29(20-25)42-22-41-28/h5-9,11-14,16-17,20,27H,10,15,18-19,21-22H2,1-4H3,(H,34,38). The Balaban J connectivity index is 1.60. The van der Waals surface area contributed by atoms with Crippen molar-refractivity contribution in [2.75, 3.05) is 23.9 Å². The van der Waals surface area contributed by atoms with Gasteiger partial charge in [0.25, 0.3) is 0 Å². The maximum absolute atomic E-state index is 14.8. The van der Waals surface area contributed by atoms with Gasteiger partial charge in [0.1, 0.15) is 11.9 Å². The second-order valence-electron chi connectivity index (χ2n) is 11.5. The van der Waals surface area contributed by atoms with Crippen LogP contribution in [0.3, 0.4) is 0 Å². The van der Waals surface area contributed by atoms with E-state index in [1.807, 2.05) is 51.1 Å². The van der Waals surface area contributed by atoms with Crippen LogP contribution in [0.1, 0.15) is 44.7 Å². The third-order valence-corrected chi connectivity index (χ3v) is 8.06. The van der Waals surface area contributed by atoms with Crippen molar-refractivity contribution in [3.8, 4) is 11.5 Å². The van der Waals surface area contributed by atoms with Crippen molar-refractivity contribution < 1.29 is 31.9 Å². The number of fused-ring (bicyclic) bond motifs is 1. The summed E-state index contributed by atoms with van der Waals surface area (Å²) in [6, 6.07) is 19.4. The first-order valence-electron chi connectivity index (χ1n) is 14.1. The number of hydrogen-bond donors (Lipinski definition) is 1. The van der Waals surface area contributed by atoms with Crippen LogP contribution in [0.15, 0.2) is 72.8 Å². The lowest BCUT2D eigenvalue weighted by atomic mass is 10.00. The van der Waals surface area contributed by atoms with Gasteiger partial charge < -0.3 is 19.7 Å². The molecule has 0 aromatic heterocycles. The molecule has 0 aliphatic carbocycles. The van der Waals surface area contributed by atoms with Gasteiger partial charge in [0.2, 0.25) is 28.6 Å². The van der Waals surface area contributed by atoms with E-state index in [1.54, 1.807) is 36.4 Å². The van der Waals surface area contributed by atoms with Crippen LogP contribution in [0, 0.1) is 5.82 Å². The number of hydrogen-bond acceptors (Lipinski definition) is 6. The number of carbonyl (C=O) groups is 2. The maximum Gasteiger partial charge on any atom is 0.243 e. The molecule has 43 heavy (non-hydrogen) atoms. The number of amides is 2. The van der Waals surface area contributed by atoms with Crippen molar-refractivity contribution in [3.63, 3.8) is 0 Å². The van der Waals surface area contributed by atoms with Gasteiger partial charge in [-0.2, -0.15) is 0 Å². The minimum atomic E-state index is -3.70. The number of anilines is 1. The Kier molecular flexibility index (Phi) is 9.95. The molecule has 3 aromatic carbocycles. The van der Waals surface area contributed by atoms with Gasteiger partial charge in [0.15, 0.2) is 11.5 Å². The molecule has 11 heteroatoms. The van der Waals surface area contributed by atoms with Crippen molar-refractivity contribution in [2.45, 2.75) is 58.2 Å². The molecular formula is C32H38FN3O6S. The summed E-state index contributed by atoms with van der Waals surface area (Å²) in [7, 11) is -3.70. The summed E-state index contributed by atoms with van der Waals surface area (Å²) < 4.78 is 52.2. The Morgan fingerprint density at radius 1 is 0.977 bits per heavy atom. The lowest BCUT2D eigenvalue weighted by Gasteiger charge is -2.34. The van der Waals surface area contributed by atoms with Gasteiger partial charge in [-0.05, 0) is 51.0 Å². The van der Waals surface area contributed by atoms with Crippen LogP contribution in [-0.4, -0.2) is 56.3 Å². The molecule has 0 saturated carbocycles. The summed E-state index contributed by atoms with van der Waals surface area (Å²) in [4.78, 5) is 29.0. The van der Waals surface area contributed by atoms with Crippen LogP contribution in [-0.2, 0) is 32.6 Å². The number of halogens is 1. The van der Waals surface area contributed by atoms with E-state index in [1.165, 1.54) is 15.3 Å². The summed E-state index contributed by atoms with van der Waals surface area (Å²) in [6.07, 6.45) is 1.40. The van der Waals surface area contributed by atoms with Crippen LogP contribution < -0.4 is 19.1 Å². The van der Waals surface area contributed by atoms with E-state index in [0.717, 1.165) is 11.8 Å². The van der Waals surface area contributed by atoms with Gasteiger partial charge in [-0.1, -0.05) is 48.5 Å². The van der Waals surface area contributed by atoms with Crippen LogP contribution in [0.4, 0.5) is 10.1 Å². The summed E-state index contributed by atoms with van der Waals surface area (Å²) in [5, 5.41) is 2.98. The Hall–Kier alpha value is -4.12. The molecule has 1 N–H and O–H groups in total. The number of sulfonamides is 1. The second kappa shape index (κ2) is 13.5. The Morgan fingerprint density at radius 3 is 2.33 bits per heavy atom. The van der Waals surface area contributed by atoms with Crippen molar-refractivity contribution in [1.82, 2.24) is 10.2 Å². The molecule has 1 aliphatic heterocycles. The van der Waals surface area contributed by atoms with Crippen molar-refractivity contribution >= 4 is 27.5 Å².